The van der Waals surface area contributed by atoms with Gasteiger partial charge in [0.25, 0.3) is 11.8 Å². The minimum Gasteiger partial charge on any atom is -0.490 e. The lowest BCUT2D eigenvalue weighted by atomic mass is 10.1. The second-order valence-electron chi connectivity index (χ2n) is 5.47. The van der Waals surface area contributed by atoms with Crippen LogP contribution in [0.15, 0.2) is 55.1 Å². The Hall–Kier alpha value is -2.79. The third-order valence-corrected chi connectivity index (χ3v) is 3.67. The van der Waals surface area contributed by atoms with Gasteiger partial charge in [-0.15, -0.1) is 0 Å². The van der Waals surface area contributed by atoms with Gasteiger partial charge in [-0.05, 0) is 42.5 Å². The van der Waals surface area contributed by atoms with Gasteiger partial charge in [-0.2, -0.15) is 0 Å². The molecule has 0 unspecified atom stereocenters. The SMILES string of the molecule is C=CCOc1ccc(C(=O)Nc2ccc(Cl)c(C(=O)N(C)C)c2)cc1. The van der Waals surface area contributed by atoms with Crippen LogP contribution >= 0.6 is 11.6 Å². The summed E-state index contributed by atoms with van der Waals surface area (Å²) in [4.78, 5) is 25.9. The van der Waals surface area contributed by atoms with Crippen LogP contribution in [0.25, 0.3) is 0 Å². The first kappa shape index (κ1) is 18.5. The van der Waals surface area contributed by atoms with Gasteiger partial charge in [-0.3, -0.25) is 9.59 Å². The highest BCUT2D eigenvalue weighted by atomic mass is 35.5. The van der Waals surface area contributed by atoms with E-state index < -0.39 is 0 Å². The predicted octanol–water partition coefficient (Wildman–Crippen LogP) is 3.86. The van der Waals surface area contributed by atoms with Crippen LogP contribution in [0.5, 0.6) is 5.75 Å². The second kappa shape index (κ2) is 8.35. The Morgan fingerprint density at radius 1 is 1.20 bits per heavy atom. The lowest BCUT2D eigenvalue weighted by molar-refractivity contribution is 0.0827. The van der Waals surface area contributed by atoms with Gasteiger partial charge < -0.3 is 15.0 Å². The van der Waals surface area contributed by atoms with Gasteiger partial charge in [0.05, 0.1) is 10.6 Å². The van der Waals surface area contributed by atoms with E-state index in [2.05, 4.69) is 11.9 Å². The number of anilines is 1. The summed E-state index contributed by atoms with van der Waals surface area (Å²) in [6, 6.07) is 11.5. The maximum atomic E-state index is 12.3. The lowest BCUT2D eigenvalue weighted by Crippen LogP contribution is -2.22. The minimum atomic E-state index is -0.291. The predicted molar refractivity (Wildman–Crippen MR) is 99.6 cm³/mol. The smallest absolute Gasteiger partial charge is 0.255 e. The minimum absolute atomic E-state index is 0.232. The molecular weight excluding hydrogens is 340 g/mol. The van der Waals surface area contributed by atoms with E-state index in [0.29, 0.717) is 34.2 Å². The normalized spacial score (nSPS) is 10.0. The van der Waals surface area contributed by atoms with Crippen molar-refractivity contribution in [3.8, 4) is 5.75 Å². The van der Waals surface area contributed by atoms with Crippen molar-refractivity contribution < 1.29 is 14.3 Å². The number of ether oxygens (including phenoxy) is 1. The maximum absolute atomic E-state index is 12.3. The molecule has 2 rings (SSSR count). The Labute approximate surface area is 151 Å². The lowest BCUT2D eigenvalue weighted by Gasteiger charge is -2.13. The van der Waals surface area contributed by atoms with Crippen molar-refractivity contribution in [3.05, 3.63) is 71.3 Å². The van der Waals surface area contributed by atoms with Gasteiger partial charge in [0.15, 0.2) is 0 Å². The average Bonchev–Trinajstić information content (AvgIpc) is 2.61. The molecule has 0 saturated heterocycles. The van der Waals surface area contributed by atoms with Crippen LogP contribution in [-0.4, -0.2) is 37.4 Å². The Morgan fingerprint density at radius 3 is 2.48 bits per heavy atom. The number of carbonyl (C=O) groups is 2. The molecule has 130 valence electrons. The quantitative estimate of drug-likeness (QED) is 0.798. The van der Waals surface area contributed by atoms with Crippen molar-refractivity contribution in [2.45, 2.75) is 0 Å². The van der Waals surface area contributed by atoms with Crippen LogP contribution in [0.4, 0.5) is 5.69 Å². The third kappa shape index (κ3) is 4.84. The fourth-order valence-corrected chi connectivity index (χ4v) is 2.27. The Kier molecular flexibility index (Phi) is 6.19. The average molecular weight is 359 g/mol. The number of nitrogens with one attached hydrogen (secondary N) is 1. The van der Waals surface area contributed by atoms with E-state index in [-0.39, 0.29) is 11.8 Å². The van der Waals surface area contributed by atoms with Gasteiger partial charge in [0, 0.05) is 25.3 Å². The topological polar surface area (TPSA) is 58.6 Å². The van der Waals surface area contributed by atoms with E-state index in [1.54, 1.807) is 62.6 Å². The van der Waals surface area contributed by atoms with E-state index in [1.165, 1.54) is 4.90 Å². The molecule has 0 aromatic heterocycles. The highest BCUT2D eigenvalue weighted by molar-refractivity contribution is 6.34. The zero-order chi connectivity index (χ0) is 18.4. The fraction of sp³-hybridized carbons (Fsp3) is 0.158. The van der Waals surface area contributed by atoms with Gasteiger partial charge >= 0.3 is 0 Å². The van der Waals surface area contributed by atoms with Crippen LogP contribution in [-0.2, 0) is 0 Å². The van der Waals surface area contributed by atoms with Gasteiger partial charge in [-0.1, -0.05) is 24.3 Å². The first-order chi connectivity index (χ1) is 11.9. The molecule has 25 heavy (non-hydrogen) atoms. The molecule has 2 amide bonds. The Morgan fingerprint density at radius 2 is 1.88 bits per heavy atom. The van der Waals surface area contributed by atoms with Gasteiger partial charge in [0.2, 0.25) is 0 Å². The Balaban J connectivity index is 2.13. The molecule has 0 aliphatic heterocycles. The van der Waals surface area contributed by atoms with E-state index in [1.807, 2.05) is 0 Å². The van der Waals surface area contributed by atoms with Crippen LogP contribution in [0.3, 0.4) is 0 Å². The van der Waals surface area contributed by atoms with Crippen molar-refractivity contribution in [2.24, 2.45) is 0 Å². The molecule has 0 radical (unpaired) electrons. The van der Waals surface area contributed by atoms with Gasteiger partial charge in [-0.25, -0.2) is 0 Å². The molecule has 0 fully saturated rings. The summed E-state index contributed by atoms with van der Waals surface area (Å²) in [5.74, 6) is 0.132. The molecule has 0 saturated carbocycles. The fourth-order valence-electron chi connectivity index (χ4n) is 2.07. The molecular formula is C19H19ClN2O3. The zero-order valence-electron chi connectivity index (χ0n) is 14.1. The highest BCUT2D eigenvalue weighted by Gasteiger charge is 2.14. The largest absolute Gasteiger partial charge is 0.490 e. The molecule has 5 nitrogen and oxygen atoms in total. The first-order valence-corrected chi connectivity index (χ1v) is 7.96. The number of nitrogens with zero attached hydrogens (tertiary/aromatic N) is 1. The van der Waals surface area contributed by atoms with Crippen LogP contribution < -0.4 is 10.1 Å². The summed E-state index contributed by atoms with van der Waals surface area (Å²) in [6.45, 7) is 3.98. The molecule has 0 heterocycles. The van der Waals surface area contributed by atoms with E-state index in [9.17, 15) is 9.59 Å². The number of carbonyl (C=O) groups excluding carboxylic acids is 2. The number of benzene rings is 2. The summed E-state index contributed by atoms with van der Waals surface area (Å²) in [6.07, 6.45) is 1.65. The number of hydrogen-bond acceptors (Lipinski definition) is 3. The summed E-state index contributed by atoms with van der Waals surface area (Å²) < 4.78 is 5.38. The first-order valence-electron chi connectivity index (χ1n) is 7.58. The number of hydrogen-bond donors (Lipinski definition) is 1. The van der Waals surface area contributed by atoms with Crippen molar-refractivity contribution in [1.29, 1.82) is 0 Å². The van der Waals surface area contributed by atoms with Crippen molar-refractivity contribution in [2.75, 3.05) is 26.0 Å². The molecule has 2 aromatic carbocycles. The highest BCUT2D eigenvalue weighted by Crippen LogP contribution is 2.22. The summed E-state index contributed by atoms with van der Waals surface area (Å²) >= 11 is 6.07. The molecule has 0 aliphatic rings. The summed E-state index contributed by atoms with van der Waals surface area (Å²) in [5, 5.41) is 3.09. The molecule has 0 aliphatic carbocycles. The number of amides is 2. The van der Waals surface area contributed by atoms with Crippen LogP contribution in [0.1, 0.15) is 20.7 Å². The van der Waals surface area contributed by atoms with Crippen LogP contribution in [0.2, 0.25) is 5.02 Å². The Bertz CT molecular complexity index is 786. The van der Waals surface area contributed by atoms with E-state index >= 15 is 0 Å². The van der Waals surface area contributed by atoms with Crippen molar-refractivity contribution in [1.82, 2.24) is 4.90 Å². The standard InChI is InChI=1S/C19H19ClN2O3/c1-4-11-25-15-8-5-13(6-9-15)18(23)21-14-7-10-17(20)16(12-14)19(24)22(2)3/h4-10,12H,1,11H2,2-3H3,(H,21,23). The molecule has 0 bridgehead atoms. The molecule has 0 atom stereocenters. The third-order valence-electron chi connectivity index (χ3n) is 3.35. The zero-order valence-corrected chi connectivity index (χ0v) is 14.8. The number of rotatable bonds is 6. The van der Waals surface area contributed by atoms with Crippen LogP contribution in [0, 0.1) is 0 Å². The molecule has 0 spiro atoms. The van der Waals surface area contributed by atoms with Crippen molar-refractivity contribution in [3.63, 3.8) is 0 Å². The van der Waals surface area contributed by atoms with E-state index in [4.69, 9.17) is 16.3 Å². The monoisotopic (exact) mass is 358 g/mol. The van der Waals surface area contributed by atoms with Crippen molar-refractivity contribution >= 4 is 29.1 Å². The molecule has 2 aromatic rings. The molecule has 6 heteroatoms. The maximum Gasteiger partial charge on any atom is 0.255 e. The summed E-state index contributed by atoms with van der Waals surface area (Å²) in [7, 11) is 3.28. The summed E-state index contributed by atoms with van der Waals surface area (Å²) in [5.41, 5.74) is 1.30. The number of halogens is 1. The van der Waals surface area contributed by atoms with Gasteiger partial charge in [0.1, 0.15) is 12.4 Å². The second-order valence-corrected chi connectivity index (χ2v) is 5.88. The molecule has 1 N–H and O–H groups in total. The van der Waals surface area contributed by atoms with E-state index in [0.717, 1.165) is 0 Å².